The van der Waals surface area contributed by atoms with E-state index < -0.39 is 7.18 Å². The second-order valence-corrected chi connectivity index (χ2v) is 9.61. The fourth-order valence-electron chi connectivity index (χ4n) is 0.817. The van der Waals surface area contributed by atoms with E-state index in [1.54, 1.807) is 0 Å². The van der Waals surface area contributed by atoms with Crippen molar-refractivity contribution in [2.75, 3.05) is 23.9 Å². The van der Waals surface area contributed by atoms with E-state index in [2.05, 4.69) is 31.9 Å². The van der Waals surface area contributed by atoms with Crippen molar-refractivity contribution in [2.45, 2.75) is 25.7 Å². The Morgan fingerprint density at radius 1 is 0.800 bits per heavy atom. The van der Waals surface area contributed by atoms with Gasteiger partial charge < -0.3 is 8.85 Å². The molecule has 0 fully saturated rings. The fourth-order valence-corrected chi connectivity index (χ4v) is 3.38. The average molecular weight is 403 g/mol. The molecular weight excluding hydrogens is 387 g/mol. The van der Waals surface area contributed by atoms with Crippen molar-refractivity contribution in [1.29, 1.82) is 0 Å². The highest BCUT2D eigenvalue weighted by Gasteiger charge is 2.33. The SMILES string of the molecule is Cl[Si](Cl)(OCCCCBr)OCCCCBr. The maximum atomic E-state index is 5.93. The molecule has 0 spiro atoms. The topological polar surface area (TPSA) is 18.5 Å². The van der Waals surface area contributed by atoms with Gasteiger partial charge in [0.05, 0.1) is 0 Å². The molecule has 0 saturated heterocycles. The standard InChI is InChI=1S/C8H16Br2Cl2O2Si/c9-5-1-3-7-13-15(11,12)14-8-4-2-6-10/h1-8H2. The molecule has 0 unspecified atom stereocenters. The summed E-state index contributed by atoms with van der Waals surface area (Å²) in [5.41, 5.74) is 0. The summed E-state index contributed by atoms with van der Waals surface area (Å²) in [6, 6.07) is 0. The van der Waals surface area contributed by atoms with Crippen molar-refractivity contribution in [3.63, 3.8) is 0 Å². The predicted octanol–water partition coefficient (Wildman–Crippen LogP) is 4.28. The molecule has 0 rings (SSSR count). The molecule has 0 bridgehead atoms. The molecule has 0 saturated carbocycles. The minimum Gasteiger partial charge on any atom is -0.372 e. The Labute approximate surface area is 119 Å². The van der Waals surface area contributed by atoms with E-state index in [1.165, 1.54) is 0 Å². The number of halogens is 4. The van der Waals surface area contributed by atoms with Gasteiger partial charge in [0.25, 0.3) is 0 Å². The first-order chi connectivity index (χ1) is 7.12. The number of hydrogen-bond donors (Lipinski definition) is 0. The summed E-state index contributed by atoms with van der Waals surface area (Å²) in [4.78, 5) is 0. The van der Waals surface area contributed by atoms with Gasteiger partial charge in [0.1, 0.15) is 0 Å². The van der Waals surface area contributed by atoms with Gasteiger partial charge >= 0.3 is 7.18 Å². The number of hydrogen-bond acceptors (Lipinski definition) is 2. The Kier molecular flexibility index (Phi) is 12.0. The molecule has 15 heavy (non-hydrogen) atoms. The summed E-state index contributed by atoms with van der Waals surface area (Å²) in [5.74, 6) is 0. The van der Waals surface area contributed by atoms with Crippen LogP contribution in [0.15, 0.2) is 0 Å². The van der Waals surface area contributed by atoms with Crippen LogP contribution in [-0.2, 0) is 8.85 Å². The molecule has 0 N–H and O–H groups in total. The van der Waals surface area contributed by atoms with Crippen LogP contribution in [0.2, 0.25) is 0 Å². The summed E-state index contributed by atoms with van der Waals surface area (Å²) < 4.78 is 10.7. The molecule has 0 aliphatic carbocycles. The third-order valence-corrected chi connectivity index (χ3v) is 5.11. The fraction of sp³-hybridized carbons (Fsp3) is 1.00. The van der Waals surface area contributed by atoms with Crippen LogP contribution in [-0.4, -0.2) is 31.1 Å². The third kappa shape index (κ3) is 11.9. The first-order valence-electron chi connectivity index (χ1n) is 4.90. The zero-order valence-corrected chi connectivity index (χ0v) is 14.2. The van der Waals surface area contributed by atoms with E-state index in [1.807, 2.05) is 0 Å². The van der Waals surface area contributed by atoms with Gasteiger partial charge in [-0.05, 0) is 25.7 Å². The van der Waals surface area contributed by atoms with E-state index in [9.17, 15) is 0 Å². The molecule has 2 nitrogen and oxygen atoms in total. The molecule has 0 aliphatic heterocycles. The van der Waals surface area contributed by atoms with Gasteiger partial charge in [0.2, 0.25) is 0 Å². The zero-order chi connectivity index (χ0) is 11.6. The molecule has 0 atom stereocenters. The average Bonchev–Trinajstić information content (AvgIpc) is 2.20. The Bertz CT molecular complexity index is 139. The van der Waals surface area contributed by atoms with Crippen molar-refractivity contribution >= 4 is 61.2 Å². The molecule has 0 aromatic carbocycles. The van der Waals surface area contributed by atoms with Gasteiger partial charge in [-0.2, -0.15) is 0 Å². The van der Waals surface area contributed by atoms with Gasteiger partial charge in [-0.3, -0.25) is 0 Å². The summed E-state index contributed by atoms with van der Waals surface area (Å²) in [7, 11) is -2.89. The van der Waals surface area contributed by atoms with E-state index in [4.69, 9.17) is 31.0 Å². The lowest BCUT2D eigenvalue weighted by Gasteiger charge is -2.16. The van der Waals surface area contributed by atoms with Gasteiger partial charge in [0.15, 0.2) is 0 Å². The second kappa shape index (κ2) is 10.8. The van der Waals surface area contributed by atoms with Crippen LogP contribution in [0.25, 0.3) is 0 Å². The number of alkyl halides is 2. The number of unbranched alkanes of at least 4 members (excludes halogenated alkanes) is 2. The molecule has 92 valence electrons. The number of rotatable bonds is 10. The molecule has 0 radical (unpaired) electrons. The highest BCUT2D eigenvalue weighted by atomic mass is 79.9. The van der Waals surface area contributed by atoms with E-state index in [0.717, 1.165) is 36.3 Å². The summed E-state index contributed by atoms with van der Waals surface area (Å²) in [6.07, 6.45) is 4.01. The molecule has 0 amide bonds. The van der Waals surface area contributed by atoms with Gasteiger partial charge in [0, 0.05) is 23.9 Å². The highest BCUT2D eigenvalue weighted by Crippen LogP contribution is 2.19. The Balaban J connectivity index is 3.40. The lowest BCUT2D eigenvalue weighted by Crippen LogP contribution is -2.30. The van der Waals surface area contributed by atoms with Crippen LogP contribution in [0.5, 0.6) is 0 Å². The molecule has 0 aromatic heterocycles. The van der Waals surface area contributed by atoms with E-state index >= 15 is 0 Å². The quantitative estimate of drug-likeness (QED) is 0.235. The van der Waals surface area contributed by atoms with Crippen molar-refractivity contribution < 1.29 is 8.85 Å². The third-order valence-electron chi connectivity index (χ3n) is 1.60. The monoisotopic (exact) mass is 400 g/mol. The molecule has 7 heteroatoms. The molecule has 0 aliphatic rings. The first-order valence-corrected chi connectivity index (χ1v) is 11.0. The maximum absolute atomic E-state index is 5.93. The summed E-state index contributed by atoms with van der Waals surface area (Å²) >= 11 is 18.5. The van der Waals surface area contributed by atoms with Gasteiger partial charge in [-0.25, -0.2) is 0 Å². The van der Waals surface area contributed by atoms with Crippen LogP contribution < -0.4 is 0 Å². The van der Waals surface area contributed by atoms with Crippen molar-refractivity contribution in [3.05, 3.63) is 0 Å². The van der Waals surface area contributed by atoms with E-state index in [0.29, 0.717) is 13.2 Å². The minimum absolute atomic E-state index is 0.573. The predicted molar refractivity (Wildman–Crippen MR) is 75.4 cm³/mol. The van der Waals surface area contributed by atoms with Crippen LogP contribution in [0.3, 0.4) is 0 Å². The largest absolute Gasteiger partial charge is 0.551 e. The van der Waals surface area contributed by atoms with Crippen LogP contribution in [0.1, 0.15) is 25.7 Å². The second-order valence-electron chi connectivity index (χ2n) is 2.95. The summed E-state index contributed by atoms with van der Waals surface area (Å²) in [5, 5.41) is 1.95. The first kappa shape index (κ1) is 16.7. The van der Waals surface area contributed by atoms with Crippen molar-refractivity contribution in [3.8, 4) is 0 Å². The van der Waals surface area contributed by atoms with E-state index in [-0.39, 0.29) is 0 Å². The highest BCUT2D eigenvalue weighted by molar-refractivity contribution is 9.09. The van der Waals surface area contributed by atoms with Crippen LogP contribution >= 0.6 is 54.0 Å². The Hall–Kier alpha value is 1.68. The van der Waals surface area contributed by atoms with Crippen molar-refractivity contribution in [1.82, 2.24) is 0 Å². The maximum Gasteiger partial charge on any atom is 0.551 e. The van der Waals surface area contributed by atoms with Crippen LogP contribution in [0, 0.1) is 0 Å². The smallest absolute Gasteiger partial charge is 0.372 e. The van der Waals surface area contributed by atoms with Gasteiger partial charge in [-0.1, -0.05) is 54.0 Å². The Morgan fingerprint density at radius 3 is 1.53 bits per heavy atom. The lowest BCUT2D eigenvalue weighted by molar-refractivity contribution is 0.199. The summed E-state index contributed by atoms with van der Waals surface area (Å²) in [6.45, 7) is 1.15. The molecular formula is C8H16Br2Cl2O2Si. The normalized spacial score (nSPS) is 12.0. The van der Waals surface area contributed by atoms with Gasteiger partial charge in [-0.15, -0.1) is 0 Å². The van der Waals surface area contributed by atoms with Crippen molar-refractivity contribution in [2.24, 2.45) is 0 Å². The molecule has 0 aromatic rings. The molecule has 0 heterocycles. The Morgan fingerprint density at radius 2 is 1.20 bits per heavy atom. The minimum atomic E-state index is -2.89. The lowest BCUT2D eigenvalue weighted by atomic mass is 10.4. The zero-order valence-electron chi connectivity index (χ0n) is 8.49. The van der Waals surface area contributed by atoms with Crippen LogP contribution in [0.4, 0.5) is 0 Å².